The molecule has 2 N–H and O–H groups in total. The van der Waals surface area contributed by atoms with E-state index in [9.17, 15) is 4.79 Å². The lowest BCUT2D eigenvalue weighted by Gasteiger charge is -2.16. The van der Waals surface area contributed by atoms with Gasteiger partial charge in [-0.15, -0.1) is 0 Å². The van der Waals surface area contributed by atoms with Crippen molar-refractivity contribution >= 4 is 11.6 Å². The van der Waals surface area contributed by atoms with Crippen LogP contribution in [0, 0.1) is 0 Å². The molecule has 1 aromatic rings. The van der Waals surface area contributed by atoms with E-state index in [4.69, 9.17) is 15.3 Å². The van der Waals surface area contributed by atoms with E-state index < -0.39 is 0 Å². The number of anilines is 1. The highest BCUT2D eigenvalue weighted by Gasteiger charge is 2.17. The molecule has 5 nitrogen and oxygen atoms in total. The molecule has 1 aromatic carbocycles. The molecule has 1 rings (SSSR count). The minimum atomic E-state index is -0.304. The minimum Gasteiger partial charge on any atom is -0.494 e. The molecule has 1 amide bonds. The first-order valence-corrected chi connectivity index (χ1v) is 4.36. The molecule has 0 atom stereocenters. The van der Waals surface area contributed by atoms with Crippen LogP contribution in [-0.2, 0) is 4.84 Å². The van der Waals surface area contributed by atoms with Crippen LogP contribution in [0.4, 0.5) is 5.69 Å². The first-order chi connectivity index (χ1) is 7.11. The Balaban J connectivity index is 3.13. The van der Waals surface area contributed by atoms with Crippen molar-refractivity contribution < 1.29 is 14.4 Å². The largest absolute Gasteiger partial charge is 0.494 e. The van der Waals surface area contributed by atoms with Crippen molar-refractivity contribution in [1.82, 2.24) is 5.06 Å². The number of rotatable bonds is 3. The van der Waals surface area contributed by atoms with Crippen LogP contribution >= 0.6 is 0 Å². The maximum atomic E-state index is 11.8. The highest BCUT2D eigenvalue weighted by atomic mass is 16.7. The smallest absolute Gasteiger partial charge is 0.280 e. The Morgan fingerprint density at radius 3 is 2.60 bits per heavy atom. The van der Waals surface area contributed by atoms with Crippen LogP contribution in [0.1, 0.15) is 10.4 Å². The van der Waals surface area contributed by atoms with Gasteiger partial charge in [-0.3, -0.25) is 9.63 Å². The summed E-state index contributed by atoms with van der Waals surface area (Å²) in [5.41, 5.74) is 6.48. The Bertz CT molecular complexity index is 366. The number of methoxy groups -OCH3 is 1. The summed E-state index contributed by atoms with van der Waals surface area (Å²) >= 11 is 0. The number of carbonyl (C=O) groups excluding carboxylic acids is 1. The van der Waals surface area contributed by atoms with E-state index in [0.717, 1.165) is 5.06 Å². The first-order valence-electron chi connectivity index (χ1n) is 4.36. The molecular weight excluding hydrogens is 196 g/mol. The van der Waals surface area contributed by atoms with Crippen molar-refractivity contribution in [2.75, 3.05) is 27.0 Å². The molecule has 0 aliphatic heterocycles. The maximum absolute atomic E-state index is 11.8. The zero-order valence-electron chi connectivity index (χ0n) is 8.98. The molecule has 0 aliphatic rings. The van der Waals surface area contributed by atoms with Gasteiger partial charge in [0.05, 0.1) is 25.5 Å². The number of para-hydroxylation sites is 1. The third-order valence-corrected chi connectivity index (χ3v) is 2.04. The van der Waals surface area contributed by atoms with E-state index >= 15 is 0 Å². The normalized spacial score (nSPS) is 9.80. The highest BCUT2D eigenvalue weighted by molar-refractivity contribution is 5.97. The Labute approximate surface area is 88.3 Å². The van der Waals surface area contributed by atoms with Crippen LogP contribution in [0.25, 0.3) is 0 Å². The van der Waals surface area contributed by atoms with E-state index in [1.807, 2.05) is 0 Å². The van der Waals surface area contributed by atoms with Crippen LogP contribution < -0.4 is 10.5 Å². The lowest BCUT2D eigenvalue weighted by Crippen LogP contribution is -2.26. The van der Waals surface area contributed by atoms with Crippen LogP contribution in [0.5, 0.6) is 5.75 Å². The quantitative estimate of drug-likeness (QED) is 0.595. The molecule has 0 fully saturated rings. The molecule has 0 heterocycles. The number of nitrogens with zero attached hydrogens (tertiary/aromatic N) is 1. The SMILES string of the molecule is COc1c(N)cccc1C(=O)N(C)OC. The first kappa shape index (κ1) is 11.3. The number of ether oxygens (including phenoxy) is 1. The number of nitrogens with two attached hydrogens (primary N) is 1. The fraction of sp³-hybridized carbons (Fsp3) is 0.300. The Morgan fingerprint density at radius 2 is 2.07 bits per heavy atom. The fourth-order valence-corrected chi connectivity index (χ4v) is 1.20. The number of hydrogen-bond acceptors (Lipinski definition) is 4. The zero-order chi connectivity index (χ0) is 11.4. The van der Waals surface area contributed by atoms with Crippen molar-refractivity contribution in [2.45, 2.75) is 0 Å². The summed E-state index contributed by atoms with van der Waals surface area (Å²) in [6, 6.07) is 4.99. The Hall–Kier alpha value is -1.75. The summed E-state index contributed by atoms with van der Waals surface area (Å²) in [5, 5.41) is 1.11. The van der Waals surface area contributed by atoms with Crippen LogP contribution in [0.3, 0.4) is 0 Å². The van der Waals surface area contributed by atoms with Gasteiger partial charge in [0.2, 0.25) is 0 Å². The van der Waals surface area contributed by atoms with Gasteiger partial charge in [-0.2, -0.15) is 0 Å². The second kappa shape index (κ2) is 4.65. The number of hydrogen-bond donors (Lipinski definition) is 1. The lowest BCUT2D eigenvalue weighted by atomic mass is 10.1. The molecule has 15 heavy (non-hydrogen) atoms. The third-order valence-electron chi connectivity index (χ3n) is 2.04. The van der Waals surface area contributed by atoms with Gasteiger partial charge < -0.3 is 10.5 Å². The maximum Gasteiger partial charge on any atom is 0.280 e. The van der Waals surface area contributed by atoms with Gasteiger partial charge in [-0.05, 0) is 12.1 Å². The van der Waals surface area contributed by atoms with Gasteiger partial charge in [0, 0.05) is 7.05 Å². The standard InChI is InChI=1S/C10H14N2O3/c1-12(15-3)10(13)7-5-4-6-8(11)9(7)14-2/h4-6H,11H2,1-3H3. The molecule has 0 aromatic heterocycles. The van der Waals surface area contributed by atoms with E-state index in [1.54, 1.807) is 18.2 Å². The van der Waals surface area contributed by atoms with E-state index in [0.29, 0.717) is 17.0 Å². The van der Waals surface area contributed by atoms with Crippen molar-refractivity contribution in [1.29, 1.82) is 0 Å². The van der Waals surface area contributed by atoms with E-state index in [1.165, 1.54) is 21.3 Å². The molecular formula is C10H14N2O3. The summed E-state index contributed by atoms with van der Waals surface area (Å²) < 4.78 is 5.06. The summed E-state index contributed by atoms with van der Waals surface area (Å²) in [4.78, 5) is 16.6. The van der Waals surface area contributed by atoms with Crippen molar-refractivity contribution in [2.24, 2.45) is 0 Å². The number of amides is 1. The second-order valence-corrected chi connectivity index (χ2v) is 2.91. The fourth-order valence-electron chi connectivity index (χ4n) is 1.20. The van der Waals surface area contributed by atoms with Crippen LogP contribution in [-0.4, -0.2) is 32.2 Å². The Morgan fingerprint density at radius 1 is 1.40 bits per heavy atom. The average molecular weight is 210 g/mol. The predicted octanol–water partition coefficient (Wildman–Crippen LogP) is 0.911. The summed E-state index contributed by atoms with van der Waals surface area (Å²) in [5.74, 6) is 0.0630. The van der Waals surface area contributed by atoms with Gasteiger partial charge in [0.1, 0.15) is 0 Å². The topological polar surface area (TPSA) is 64.8 Å². The van der Waals surface area contributed by atoms with Gasteiger partial charge in [0.25, 0.3) is 5.91 Å². The summed E-state index contributed by atoms with van der Waals surface area (Å²) in [7, 11) is 4.40. The van der Waals surface area contributed by atoms with Crippen molar-refractivity contribution in [3.8, 4) is 5.75 Å². The van der Waals surface area contributed by atoms with E-state index in [-0.39, 0.29) is 5.91 Å². The van der Waals surface area contributed by atoms with Crippen molar-refractivity contribution in [3.63, 3.8) is 0 Å². The molecule has 0 spiro atoms. The number of hydroxylamine groups is 2. The average Bonchev–Trinajstić information content (AvgIpc) is 2.26. The molecule has 0 saturated heterocycles. The van der Waals surface area contributed by atoms with E-state index in [2.05, 4.69) is 0 Å². The number of nitrogen functional groups attached to an aromatic ring is 1. The molecule has 0 bridgehead atoms. The molecule has 0 aliphatic carbocycles. The van der Waals surface area contributed by atoms with Gasteiger partial charge in [-0.25, -0.2) is 5.06 Å². The third kappa shape index (κ3) is 2.19. The molecule has 0 radical (unpaired) electrons. The molecule has 5 heteroatoms. The Kier molecular flexibility index (Phi) is 3.51. The van der Waals surface area contributed by atoms with Crippen LogP contribution in [0.2, 0.25) is 0 Å². The van der Waals surface area contributed by atoms with Gasteiger partial charge >= 0.3 is 0 Å². The minimum absolute atomic E-state index is 0.304. The monoisotopic (exact) mass is 210 g/mol. The number of carbonyl (C=O) groups is 1. The predicted molar refractivity (Wildman–Crippen MR) is 56.5 cm³/mol. The number of benzene rings is 1. The van der Waals surface area contributed by atoms with Crippen molar-refractivity contribution in [3.05, 3.63) is 23.8 Å². The zero-order valence-corrected chi connectivity index (χ0v) is 8.98. The molecule has 0 unspecified atom stereocenters. The van der Waals surface area contributed by atoms with Crippen LogP contribution in [0.15, 0.2) is 18.2 Å². The molecule has 82 valence electrons. The lowest BCUT2D eigenvalue weighted by molar-refractivity contribution is -0.0758. The highest BCUT2D eigenvalue weighted by Crippen LogP contribution is 2.26. The summed E-state index contributed by atoms with van der Waals surface area (Å²) in [6.07, 6.45) is 0. The summed E-state index contributed by atoms with van der Waals surface area (Å²) in [6.45, 7) is 0. The van der Waals surface area contributed by atoms with Gasteiger partial charge in [-0.1, -0.05) is 6.07 Å². The molecule has 0 saturated carbocycles. The van der Waals surface area contributed by atoms with Gasteiger partial charge in [0.15, 0.2) is 5.75 Å². The second-order valence-electron chi connectivity index (χ2n) is 2.91.